The largest absolute Gasteiger partial charge is 0.352 e. The van der Waals surface area contributed by atoms with Crippen molar-refractivity contribution < 1.29 is 8.42 Å². The summed E-state index contributed by atoms with van der Waals surface area (Å²) in [6.07, 6.45) is 0. The highest BCUT2D eigenvalue weighted by Gasteiger charge is 2.40. The Morgan fingerprint density at radius 1 is 1.46 bits per heavy atom. The van der Waals surface area contributed by atoms with Gasteiger partial charge in [-0.05, 0) is 31.5 Å². The molecule has 132 valence electrons. The molecule has 0 bridgehead atoms. The van der Waals surface area contributed by atoms with Crippen LogP contribution in [-0.2, 0) is 16.4 Å². The molecular weight excluding hydrogens is 439 g/mol. The predicted molar refractivity (Wildman–Crippen MR) is 106 cm³/mol. The summed E-state index contributed by atoms with van der Waals surface area (Å²) in [5, 5.41) is 12.2. The Balaban J connectivity index is 0.00000288. The number of hydrogen-bond donors (Lipinski definition) is 1. The zero-order valence-electron chi connectivity index (χ0n) is 14.1. The lowest BCUT2D eigenvalue weighted by atomic mass is 10.1. The molecule has 0 spiro atoms. The lowest BCUT2D eigenvalue weighted by Gasteiger charge is -2.39. The fraction of sp³-hybridized carbons (Fsp3) is 0.500. The highest BCUT2D eigenvalue weighted by molar-refractivity contribution is 14.0. The number of sulfone groups is 1. The Morgan fingerprint density at radius 3 is 2.75 bits per heavy atom. The summed E-state index contributed by atoms with van der Waals surface area (Å²) in [5.74, 6) is 0.806. The van der Waals surface area contributed by atoms with E-state index < -0.39 is 14.6 Å². The van der Waals surface area contributed by atoms with Gasteiger partial charge in [0.15, 0.2) is 15.8 Å². The molecule has 0 radical (unpaired) electrons. The number of nitriles is 1. The molecule has 0 atom stereocenters. The lowest BCUT2D eigenvalue weighted by molar-refractivity contribution is 0.353. The summed E-state index contributed by atoms with van der Waals surface area (Å²) < 4.78 is 23.4. The average Bonchev–Trinajstić information content (AvgIpc) is 2.51. The number of halogens is 1. The second kappa shape index (κ2) is 8.16. The van der Waals surface area contributed by atoms with Crippen LogP contribution < -0.4 is 5.32 Å². The number of aliphatic imine (C=N–C) groups is 1. The van der Waals surface area contributed by atoms with Crippen LogP contribution in [0.15, 0.2) is 29.3 Å². The molecule has 1 heterocycles. The van der Waals surface area contributed by atoms with Crippen LogP contribution in [0.4, 0.5) is 0 Å². The number of nitrogens with zero attached hydrogens (tertiary/aromatic N) is 3. The first-order chi connectivity index (χ1) is 10.8. The van der Waals surface area contributed by atoms with Gasteiger partial charge >= 0.3 is 0 Å². The molecule has 1 saturated heterocycles. The van der Waals surface area contributed by atoms with Crippen LogP contribution in [0.3, 0.4) is 0 Å². The third kappa shape index (κ3) is 4.60. The minimum Gasteiger partial charge on any atom is -0.352 e. The van der Waals surface area contributed by atoms with Gasteiger partial charge in [-0.25, -0.2) is 8.42 Å². The van der Waals surface area contributed by atoms with Crippen LogP contribution in [0.2, 0.25) is 0 Å². The van der Waals surface area contributed by atoms with Crippen LogP contribution in [0.25, 0.3) is 0 Å². The Bertz CT molecular complexity index is 754. The summed E-state index contributed by atoms with van der Waals surface area (Å²) in [6, 6.07) is 9.48. The van der Waals surface area contributed by atoms with Gasteiger partial charge in [0.25, 0.3) is 0 Å². The zero-order chi connectivity index (χ0) is 17.1. The molecule has 6 nitrogen and oxygen atoms in total. The van der Waals surface area contributed by atoms with E-state index in [0.717, 1.165) is 5.56 Å². The molecule has 0 aromatic heterocycles. The zero-order valence-corrected chi connectivity index (χ0v) is 17.3. The van der Waals surface area contributed by atoms with E-state index in [9.17, 15) is 8.42 Å². The normalized spacial score (nSPS) is 19.1. The van der Waals surface area contributed by atoms with E-state index in [-0.39, 0.29) is 29.7 Å². The van der Waals surface area contributed by atoms with E-state index >= 15 is 0 Å². The van der Waals surface area contributed by atoms with Crippen molar-refractivity contribution in [3.63, 3.8) is 0 Å². The second-order valence-electron chi connectivity index (χ2n) is 6.21. The maximum atomic E-state index is 12.1. The van der Waals surface area contributed by atoms with Gasteiger partial charge in [0.1, 0.15) is 0 Å². The number of nitrogens with one attached hydrogen (secondary N) is 1. The van der Waals surface area contributed by atoms with E-state index in [4.69, 9.17) is 5.26 Å². The highest BCUT2D eigenvalue weighted by Crippen LogP contribution is 2.23. The van der Waals surface area contributed by atoms with Crippen molar-refractivity contribution in [2.75, 3.05) is 25.9 Å². The molecule has 1 aliphatic heterocycles. The second-order valence-corrected chi connectivity index (χ2v) is 8.96. The van der Waals surface area contributed by atoms with Gasteiger partial charge in [0, 0.05) is 26.7 Å². The molecule has 1 aliphatic rings. The molecule has 0 aliphatic carbocycles. The topological polar surface area (TPSA) is 85.6 Å². The summed E-state index contributed by atoms with van der Waals surface area (Å²) in [5.41, 5.74) is 1.60. The summed E-state index contributed by atoms with van der Waals surface area (Å²) in [6.45, 7) is 4.87. The minimum atomic E-state index is -3.07. The number of hydrogen-bond acceptors (Lipinski definition) is 4. The highest BCUT2D eigenvalue weighted by atomic mass is 127. The molecule has 0 unspecified atom stereocenters. The van der Waals surface area contributed by atoms with Crippen molar-refractivity contribution in [2.24, 2.45) is 4.99 Å². The fourth-order valence-electron chi connectivity index (χ4n) is 2.59. The third-order valence-corrected chi connectivity index (χ3v) is 6.59. The van der Waals surface area contributed by atoms with Crippen molar-refractivity contribution in [3.8, 4) is 6.07 Å². The predicted octanol–water partition coefficient (Wildman–Crippen LogP) is 1.76. The molecule has 1 N–H and O–H groups in total. The molecular formula is C16H23IN4O2S. The first kappa shape index (κ1) is 20.7. The molecule has 0 amide bonds. The Morgan fingerprint density at radius 2 is 2.17 bits per heavy atom. The van der Waals surface area contributed by atoms with Gasteiger partial charge in [-0.15, -0.1) is 24.0 Å². The van der Waals surface area contributed by atoms with Crippen molar-refractivity contribution in [1.29, 1.82) is 5.26 Å². The van der Waals surface area contributed by atoms with E-state index in [1.807, 2.05) is 23.1 Å². The van der Waals surface area contributed by atoms with E-state index in [2.05, 4.69) is 16.4 Å². The fourth-order valence-corrected chi connectivity index (χ4v) is 3.95. The number of rotatable bonds is 2. The Kier molecular flexibility index (Phi) is 7.04. The Hall–Kier alpha value is -1.34. The molecule has 2 rings (SSSR count). The quantitative estimate of drug-likeness (QED) is 0.412. The molecule has 1 fully saturated rings. The maximum absolute atomic E-state index is 12.1. The van der Waals surface area contributed by atoms with Crippen LogP contribution in [0.1, 0.15) is 25.0 Å². The SMILES string of the molecule is CN=C(NCc1cccc(C#N)c1)N1CCS(=O)(=O)C(C)(C)C1.I. The first-order valence-electron chi connectivity index (χ1n) is 7.46. The standard InChI is InChI=1S/C16H22N4O2S.HI/c1-16(2)12-20(7-8-23(16,21)22)15(18-3)19-11-14-6-4-5-13(9-14)10-17;/h4-6,9H,7-8,11-12H2,1-3H3,(H,18,19);1H. The van der Waals surface area contributed by atoms with Gasteiger partial charge in [-0.3, -0.25) is 4.99 Å². The first-order valence-corrected chi connectivity index (χ1v) is 9.11. The van der Waals surface area contributed by atoms with Crippen LogP contribution in [-0.4, -0.2) is 49.9 Å². The lowest BCUT2D eigenvalue weighted by Crippen LogP contribution is -2.57. The van der Waals surface area contributed by atoms with Gasteiger partial charge in [0.2, 0.25) is 0 Å². The number of guanidine groups is 1. The van der Waals surface area contributed by atoms with Gasteiger partial charge in [-0.2, -0.15) is 5.26 Å². The van der Waals surface area contributed by atoms with Crippen molar-refractivity contribution in [2.45, 2.75) is 25.1 Å². The molecule has 1 aromatic rings. The summed E-state index contributed by atoms with van der Waals surface area (Å²) in [7, 11) is -1.39. The maximum Gasteiger partial charge on any atom is 0.193 e. The average molecular weight is 462 g/mol. The van der Waals surface area contributed by atoms with Crippen LogP contribution in [0.5, 0.6) is 0 Å². The minimum absolute atomic E-state index is 0. The Labute approximate surface area is 160 Å². The van der Waals surface area contributed by atoms with E-state index in [0.29, 0.717) is 31.2 Å². The molecule has 1 aromatic carbocycles. The smallest absolute Gasteiger partial charge is 0.193 e. The van der Waals surface area contributed by atoms with Crippen LogP contribution in [0, 0.1) is 11.3 Å². The van der Waals surface area contributed by atoms with E-state index in [1.165, 1.54) is 0 Å². The molecule has 24 heavy (non-hydrogen) atoms. The van der Waals surface area contributed by atoms with Crippen molar-refractivity contribution in [3.05, 3.63) is 35.4 Å². The van der Waals surface area contributed by atoms with Gasteiger partial charge in [-0.1, -0.05) is 12.1 Å². The van der Waals surface area contributed by atoms with E-state index in [1.54, 1.807) is 27.0 Å². The monoisotopic (exact) mass is 462 g/mol. The summed E-state index contributed by atoms with van der Waals surface area (Å²) in [4.78, 5) is 6.22. The van der Waals surface area contributed by atoms with Crippen molar-refractivity contribution >= 4 is 39.8 Å². The van der Waals surface area contributed by atoms with Gasteiger partial charge < -0.3 is 10.2 Å². The molecule has 8 heteroatoms. The molecule has 0 saturated carbocycles. The summed E-state index contributed by atoms with van der Waals surface area (Å²) >= 11 is 0. The van der Waals surface area contributed by atoms with Gasteiger partial charge in [0.05, 0.1) is 22.1 Å². The van der Waals surface area contributed by atoms with Crippen LogP contribution >= 0.6 is 24.0 Å². The third-order valence-electron chi connectivity index (χ3n) is 4.06. The van der Waals surface area contributed by atoms with Crippen molar-refractivity contribution in [1.82, 2.24) is 10.2 Å². The number of benzene rings is 1.